The topological polar surface area (TPSA) is 139 Å². The van der Waals surface area contributed by atoms with E-state index in [9.17, 15) is 18.0 Å². The van der Waals surface area contributed by atoms with E-state index in [2.05, 4.69) is 25.7 Å². The van der Waals surface area contributed by atoms with Crippen molar-refractivity contribution in [3.05, 3.63) is 84.6 Å². The Labute approximate surface area is 279 Å². The van der Waals surface area contributed by atoms with E-state index in [0.29, 0.717) is 20.6 Å². The van der Waals surface area contributed by atoms with Crippen LogP contribution in [0, 0.1) is 0 Å². The first-order valence-corrected chi connectivity index (χ1v) is 16.4. The van der Waals surface area contributed by atoms with Crippen LogP contribution in [0.2, 0.25) is 0 Å². The van der Waals surface area contributed by atoms with Crippen LogP contribution in [-0.4, -0.2) is 49.6 Å². The van der Waals surface area contributed by atoms with Crippen LogP contribution >= 0.6 is 37.1 Å². The quantitative estimate of drug-likeness (QED) is 0.122. The van der Waals surface area contributed by atoms with E-state index >= 15 is 0 Å². The van der Waals surface area contributed by atoms with E-state index in [1.165, 1.54) is 31.4 Å². The minimum absolute atomic E-state index is 0. The molecule has 0 saturated carbocycles. The number of anilines is 2. The minimum Gasteiger partial charge on any atom is -0.468 e. The predicted molar refractivity (Wildman–Crippen MR) is 188 cm³/mol. The van der Waals surface area contributed by atoms with Gasteiger partial charge in [-0.1, -0.05) is 36.4 Å². The fourth-order valence-corrected chi connectivity index (χ4v) is 7.11. The van der Waals surface area contributed by atoms with E-state index in [1.54, 1.807) is 42.6 Å². The van der Waals surface area contributed by atoms with Gasteiger partial charge in [0.15, 0.2) is 5.11 Å². The summed E-state index contributed by atoms with van der Waals surface area (Å²) in [6, 6.07) is 20.2. The molecule has 0 aliphatic heterocycles. The van der Waals surface area contributed by atoms with Crippen molar-refractivity contribution in [1.29, 1.82) is 0 Å². The summed E-state index contributed by atoms with van der Waals surface area (Å²) in [5.41, 5.74) is 3.05. The standard InChI is InChI=1S/C31H33N5O5S3.H2S/c1-19(2)33-31(42)35-23-12-10-22(11-13-23)29-32-18-27(43-29)25-15-14-24(34-20(3)37)17-28(25)44(39,40)36-26(30(38)41-4)16-21-8-6-5-7-9-21;/h5-15,17-19,26,36H,16H2,1-4H3,(H,34,37)(H2,33,35,42);1H2/t26-;/m0./s1. The second-order valence-electron chi connectivity index (χ2n) is 10.1. The Morgan fingerprint density at radius 1 is 0.978 bits per heavy atom. The summed E-state index contributed by atoms with van der Waals surface area (Å²) in [6.07, 6.45) is 1.68. The van der Waals surface area contributed by atoms with Gasteiger partial charge in [-0.05, 0) is 74.4 Å². The zero-order valence-corrected chi connectivity index (χ0v) is 28.5. The molecule has 0 spiro atoms. The van der Waals surface area contributed by atoms with Crippen molar-refractivity contribution >= 4 is 75.4 Å². The number of sulfonamides is 1. The minimum atomic E-state index is -4.30. The number of carbonyl (C=O) groups excluding carboxylic acids is 2. The molecule has 10 nitrogen and oxygen atoms in total. The Balaban J connectivity index is 0.00000552. The van der Waals surface area contributed by atoms with Gasteiger partial charge >= 0.3 is 5.97 Å². The van der Waals surface area contributed by atoms with Crippen molar-refractivity contribution in [1.82, 2.24) is 15.0 Å². The lowest BCUT2D eigenvalue weighted by atomic mass is 10.1. The molecule has 1 heterocycles. The number of methoxy groups -OCH3 is 1. The maximum absolute atomic E-state index is 13.9. The predicted octanol–water partition coefficient (Wildman–Crippen LogP) is 5.31. The molecule has 0 bridgehead atoms. The molecule has 0 saturated heterocycles. The first-order valence-electron chi connectivity index (χ1n) is 13.6. The van der Waals surface area contributed by atoms with Crippen LogP contribution in [0.15, 0.2) is 83.9 Å². The number of carbonyl (C=O) groups is 2. The van der Waals surface area contributed by atoms with Crippen molar-refractivity contribution in [2.24, 2.45) is 0 Å². The third kappa shape index (κ3) is 9.83. The number of thiocarbonyl (C=S) groups is 1. The number of nitrogens with one attached hydrogen (secondary N) is 4. The molecule has 0 aliphatic carbocycles. The third-order valence-electron chi connectivity index (χ3n) is 6.24. The molecule has 1 atom stereocenters. The summed E-state index contributed by atoms with van der Waals surface area (Å²) in [7, 11) is -3.10. The van der Waals surface area contributed by atoms with Crippen molar-refractivity contribution in [3.8, 4) is 21.0 Å². The fraction of sp³-hybridized carbons (Fsp3) is 0.226. The van der Waals surface area contributed by atoms with Crippen LogP contribution < -0.4 is 20.7 Å². The smallest absolute Gasteiger partial charge is 0.324 e. The molecule has 0 unspecified atom stereocenters. The maximum atomic E-state index is 13.9. The molecule has 1 amide bonds. The van der Waals surface area contributed by atoms with Gasteiger partial charge in [0.2, 0.25) is 15.9 Å². The fourth-order valence-electron chi connectivity index (χ4n) is 4.30. The average molecular weight is 686 g/mol. The van der Waals surface area contributed by atoms with Crippen LogP contribution in [-0.2, 0) is 30.8 Å². The van der Waals surface area contributed by atoms with Gasteiger partial charge in [0.1, 0.15) is 11.0 Å². The lowest BCUT2D eigenvalue weighted by Crippen LogP contribution is -2.43. The molecule has 0 fully saturated rings. The number of esters is 1. The number of rotatable bonds is 11. The van der Waals surface area contributed by atoms with Gasteiger partial charge in [0.25, 0.3) is 0 Å². The summed E-state index contributed by atoms with van der Waals surface area (Å²) >= 11 is 6.62. The zero-order valence-electron chi connectivity index (χ0n) is 25.1. The molecule has 4 aromatic rings. The molecule has 4 rings (SSSR count). The Bertz CT molecular complexity index is 1740. The first-order chi connectivity index (χ1) is 20.9. The summed E-state index contributed by atoms with van der Waals surface area (Å²) < 4.78 is 35.2. The number of ether oxygens (including phenoxy) is 1. The summed E-state index contributed by atoms with van der Waals surface area (Å²) in [5, 5.41) is 10.1. The molecule has 0 aliphatic rings. The SMILES string of the molecule is COC(=O)[C@H](Cc1ccccc1)NS(=O)(=O)c1cc(NC(C)=O)ccc1-c1cnc(-c2ccc(NC(=S)NC(C)C)cc2)s1.S. The molecule has 45 heavy (non-hydrogen) atoms. The lowest BCUT2D eigenvalue weighted by molar-refractivity contribution is -0.142. The van der Waals surface area contributed by atoms with Crippen LogP contribution in [0.5, 0.6) is 0 Å². The number of benzene rings is 3. The first kappa shape index (κ1) is 35.7. The molecular weight excluding hydrogens is 651 g/mol. The number of nitrogens with zero attached hydrogens (tertiary/aromatic N) is 1. The highest BCUT2D eigenvalue weighted by Crippen LogP contribution is 2.37. The molecular formula is C31H35N5O5S4. The van der Waals surface area contributed by atoms with Crippen molar-refractivity contribution in [3.63, 3.8) is 0 Å². The van der Waals surface area contributed by atoms with Gasteiger partial charge in [-0.15, -0.1) is 11.3 Å². The molecule has 3 aromatic carbocycles. The van der Waals surface area contributed by atoms with Crippen molar-refractivity contribution in [2.75, 3.05) is 17.7 Å². The van der Waals surface area contributed by atoms with Gasteiger partial charge in [0.05, 0.1) is 16.9 Å². The number of hydrogen-bond donors (Lipinski definition) is 4. The Morgan fingerprint density at radius 2 is 1.64 bits per heavy atom. The van der Waals surface area contributed by atoms with Gasteiger partial charge < -0.3 is 20.7 Å². The number of amides is 1. The summed E-state index contributed by atoms with van der Waals surface area (Å²) in [5.74, 6) is -1.08. The van der Waals surface area contributed by atoms with Gasteiger partial charge in [-0.3, -0.25) is 9.59 Å². The number of hydrogen-bond acceptors (Lipinski definition) is 8. The van der Waals surface area contributed by atoms with Gasteiger partial charge in [-0.2, -0.15) is 18.2 Å². The maximum Gasteiger partial charge on any atom is 0.324 e. The number of aromatic nitrogens is 1. The molecule has 4 N–H and O–H groups in total. The van der Waals surface area contributed by atoms with Crippen molar-refractivity contribution in [2.45, 2.75) is 44.2 Å². The monoisotopic (exact) mass is 685 g/mol. The normalized spacial score (nSPS) is 11.7. The molecule has 14 heteroatoms. The van der Waals surface area contributed by atoms with E-state index in [0.717, 1.165) is 16.8 Å². The van der Waals surface area contributed by atoms with Gasteiger partial charge in [-0.25, -0.2) is 13.4 Å². The van der Waals surface area contributed by atoms with Crippen LogP contribution in [0.25, 0.3) is 21.0 Å². The lowest BCUT2D eigenvalue weighted by Gasteiger charge is -2.19. The largest absolute Gasteiger partial charge is 0.468 e. The van der Waals surface area contributed by atoms with Crippen LogP contribution in [0.4, 0.5) is 11.4 Å². The van der Waals surface area contributed by atoms with E-state index in [1.807, 2.05) is 44.2 Å². The Kier molecular flexibility index (Phi) is 12.6. The van der Waals surface area contributed by atoms with Gasteiger partial charge in [0, 0.05) is 41.7 Å². The molecule has 0 radical (unpaired) electrons. The highest BCUT2D eigenvalue weighted by Gasteiger charge is 2.29. The third-order valence-corrected chi connectivity index (χ3v) is 9.05. The average Bonchev–Trinajstić information content (AvgIpc) is 3.47. The second-order valence-corrected chi connectivity index (χ2v) is 13.3. The zero-order chi connectivity index (χ0) is 31.9. The Morgan fingerprint density at radius 3 is 2.27 bits per heavy atom. The second kappa shape index (κ2) is 16.0. The van der Waals surface area contributed by atoms with E-state index in [4.69, 9.17) is 17.0 Å². The van der Waals surface area contributed by atoms with E-state index < -0.39 is 22.0 Å². The number of thiazole rings is 1. The highest BCUT2D eigenvalue weighted by atomic mass is 32.2. The Hall–Kier alpha value is -3.82. The van der Waals surface area contributed by atoms with Crippen LogP contribution in [0.3, 0.4) is 0 Å². The molecule has 238 valence electrons. The summed E-state index contributed by atoms with van der Waals surface area (Å²) in [6.45, 7) is 5.33. The summed E-state index contributed by atoms with van der Waals surface area (Å²) in [4.78, 5) is 29.4. The van der Waals surface area contributed by atoms with Crippen LogP contribution in [0.1, 0.15) is 26.3 Å². The van der Waals surface area contributed by atoms with E-state index in [-0.39, 0.29) is 42.4 Å². The van der Waals surface area contributed by atoms with Crippen molar-refractivity contribution < 1.29 is 22.7 Å². The highest BCUT2D eigenvalue weighted by molar-refractivity contribution is 7.89. The molecule has 1 aromatic heterocycles.